The molecule has 0 radical (unpaired) electrons. The molecule has 0 saturated carbocycles. The molecule has 170 valence electrons. The van der Waals surface area contributed by atoms with Crippen LogP contribution in [0, 0.1) is 17.2 Å². The molecule has 15 nitrogen and oxygen atoms in total. The summed E-state index contributed by atoms with van der Waals surface area (Å²) in [4.78, 5) is 24.4. The smallest absolute Gasteiger partial charge is 0.322 e. The predicted octanol–water partition coefficient (Wildman–Crippen LogP) is -5.08. The van der Waals surface area contributed by atoms with E-state index in [9.17, 15) is 45.3 Å². The van der Waals surface area contributed by atoms with Crippen LogP contribution < -0.4 is 16.0 Å². The fourth-order valence-electron chi connectivity index (χ4n) is 3.97. The monoisotopic (exact) mass is 442 g/mol. The number of nitriles is 1. The van der Waals surface area contributed by atoms with E-state index in [1.807, 2.05) is 0 Å². The number of hydrogen-bond acceptors (Lipinski definition) is 12. The average Bonchev–Trinajstić information content (AvgIpc) is 3.12. The first kappa shape index (κ1) is 22.7. The maximum Gasteiger partial charge on any atom is 0.322 e. The van der Waals surface area contributed by atoms with Gasteiger partial charge < -0.3 is 51.3 Å². The van der Waals surface area contributed by atoms with Gasteiger partial charge in [-0.05, 0) is 12.3 Å². The Kier molecular flexibility index (Phi) is 4.96. The molecule has 1 fully saturated rings. The van der Waals surface area contributed by atoms with E-state index < -0.39 is 58.7 Å². The van der Waals surface area contributed by atoms with Crippen molar-refractivity contribution in [2.75, 3.05) is 7.05 Å². The second-order valence-electron chi connectivity index (χ2n) is 7.40. The lowest BCUT2D eigenvalue weighted by molar-refractivity contribution is -0.542. The molecule has 3 aliphatic heterocycles. The van der Waals surface area contributed by atoms with Crippen LogP contribution in [0.25, 0.3) is 0 Å². The Bertz CT molecular complexity index is 923. The van der Waals surface area contributed by atoms with Crippen LogP contribution in [-0.2, 0) is 4.79 Å². The first-order valence-corrected chi connectivity index (χ1v) is 8.90. The number of amides is 3. The van der Waals surface area contributed by atoms with Crippen LogP contribution in [0.3, 0.4) is 0 Å². The quantitative estimate of drug-likeness (QED) is 0.185. The summed E-state index contributed by atoms with van der Waals surface area (Å²) in [6.45, 7) is 0.833. The maximum absolute atomic E-state index is 12.3. The maximum atomic E-state index is 12.3. The van der Waals surface area contributed by atoms with Crippen molar-refractivity contribution in [1.29, 1.82) is 5.26 Å². The van der Waals surface area contributed by atoms with Gasteiger partial charge in [-0.3, -0.25) is 10.1 Å². The van der Waals surface area contributed by atoms with Crippen molar-refractivity contribution in [3.63, 3.8) is 0 Å². The number of likely N-dealkylation sites (tertiary alicyclic amines) is 1. The molecule has 3 atom stereocenters. The Morgan fingerprint density at radius 2 is 1.84 bits per heavy atom. The normalized spacial score (nSPS) is 32.4. The number of piperidine rings is 1. The van der Waals surface area contributed by atoms with Crippen LogP contribution in [0.5, 0.6) is 0 Å². The number of hydrogen-bond donors (Lipinski definition) is 10. The molecule has 10 N–H and O–H groups in total. The van der Waals surface area contributed by atoms with E-state index in [2.05, 4.69) is 16.0 Å². The van der Waals surface area contributed by atoms with Crippen LogP contribution in [0.1, 0.15) is 13.3 Å². The van der Waals surface area contributed by atoms with Crippen molar-refractivity contribution >= 4 is 11.9 Å². The molecular formula is C16H22N6O9. The number of rotatable bonds is 3. The molecule has 15 heteroatoms. The number of nitrogens with zero attached hydrogens (tertiary/aromatic N) is 3. The van der Waals surface area contributed by atoms with Crippen LogP contribution >= 0.6 is 0 Å². The SMILES string of the molecule is CC1C(O)(O)C(O)(O)N(C(=O)CC#N)C(O)(O)C1(O)N(C)C1=C2C=CNC2NC(=O)N1. The van der Waals surface area contributed by atoms with Gasteiger partial charge in [0.15, 0.2) is 0 Å². The third kappa shape index (κ3) is 2.78. The first-order chi connectivity index (χ1) is 14.2. The molecule has 0 spiro atoms. The number of carbonyl (C=O) groups excluding carboxylic acids is 2. The summed E-state index contributed by atoms with van der Waals surface area (Å²) < 4.78 is 0. The molecule has 1 saturated heterocycles. The van der Waals surface area contributed by atoms with Crippen molar-refractivity contribution in [2.24, 2.45) is 5.92 Å². The second kappa shape index (κ2) is 6.77. The van der Waals surface area contributed by atoms with E-state index in [0.717, 1.165) is 14.0 Å². The summed E-state index contributed by atoms with van der Waals surface area (Å²) in [6.07, 6.45) is 0.986. The molecule has 3 rings (SSSR count). The summed E-state index contributed by atoms with van der Waals surface area (Å²) in [6, 6.07) is 0.581. The molecule has 0 bridgehead atoms. The Morgan fingerprint density at radius 1 is 1.23 bits per heavy atom. The Morgan fingerprint density at radius 3 is 2.42 bits per heavy atom. The average molecular weight is 442 g/mol. The zero-order valence-electron chi connectivity index (χ0n) is 16.3. The van der Waals surface area contributed by atoms with Crippen molar-refractivity contribution in [3.8, 4) is 6.07 Å². The van der Waals surface area contributed by atoms with Gasteiger partial charge in [0.1, 0.15) is 18.4 Å². The zero-order chi connectivity index (χ0) is 23.6. The topological polar surface area (TPSA) is 242 Å². The molecule has 0 aromatic carbocycles. The highest BCUT2D eigenvalue weighted by molar-refractivity contribution is 5.80. The van der Waals surface area contributed by atoms with Gasteiger partial charge in [-0.1, -0.05) is 6.92 Å². The van der Waals surface area contributed by atoms with Crippen LogP contribution in [-0.4, -0.2) is 94.0 Å². The van der Waals surface area contributed by atoms with Crippen molar-refractivity contribution in [3.05, 3.63) is 23.7 Å². The predicted molar refractivity (Wildman–Crippen MR) is 95.2 cm³/mol. The third-order valence-corrected chi connectivity index (χ3v) is 5.76. The molecule has 31 heavy (non-hydrogen) atoms. The molecule has 3 unspecified atom stereocenters. The summed E-state index contributed by atoms with van der Waals surface area (Å²) in [7, 11) is 1.03. The second-order valence-corrected chi connectivity index (χ2v) is 7.40. The fourth-order valence-corrected chi connectivity index (χ4v) is 3.97. The lowest BCUT2D eigenvalue weighted by Crippen LogP contribution is -2.89. The highest BCUT2D eigenvalue weighted by Crippen LogP contribution is 2.50. The molecule has 3 amide bonds. The molecule has 3 aliphatic rings. The highest BCUT2D eigenvalue weighted by Gasteiger charge is 2.79. The Labute approximate surface area is 174 Å². The third-order valence-electron chi connectivity index (χ3n) is 5.76. The number of aliphatic hydroxyl groups is 7. The van der Waals surface area contributed by atoms with Gasteiger partial charge in [0.25, 0.3) is 0 Å². The van der Waals surface area contributed by atoms with Crippen molar-refractivity contribution in [2.45, 2.75) is 42.8 Å². The number of nitrogens with one attached hydrogen (secondary N) is 3. The van der Waals surface area contributed by atoms with E-state index in [4.69, 9.17) is 5.26 Å². The van der Waals surface area contributed by atoms with Gasteiger partial charge in [-0.25, -0.2) is 9.69 Å². The molecular weight excluding hydrogens is 420 g/mol. The van der Waals surface area contributed by atoms with E-state index in [-0.39, 0.29) is 11.4 Å². The zero-order valence-corrected chi connectivity index (χ0v) is 16.3. The van der Waals surface area contributed by atoms with Crippen LogP contribution in [0.2, 0.25) is 0 Å². The minimum atomic E-state index is -4.04. The Hall–Kier alpha value is -2.97. The van der Waals surface area contributed by atoms with Gasteiger partial charge in [0.05, 0.1) is 12.0 Å². The minimum absolute atomic E-state index is 0.233. The van der Waals surface area contributed by atoms with Crippen molar-refractivity contribution in [1.82, 2.24) is 25.8 Å². The van der Waals surface area contributed by atoms with E-state index in [0.29, 0.717) is 4.90 Å². The number of fused-ring (bicyclic) bond motifs is 1. The van der Waals surface area contributed by atoms with Gasteiger partial charge in [-0.15, -0.1) is 0 Å². The number of likely N-dealkylation sites (N-methyl/N-ethyl adjacent to an activating group) is 1. The minimum Gasteiger partial charge on any atom is -0.367 e. The standard InChI is InChI=1S/C16H22N6O9/c1-7-13(25,21(2)11-8-4-6-18-10(8)19-12(24)20-11)15(28,29)22(9(23)3-5-17)16(30,31)14(7,26)27/h4,6-7,10,18,25-31H,3H2,1-2H3,(H2,19,20,24). The van der Waals surface area contributed by atoms with Crippen molar-refractivity contribution < 1.29 is 45.3 Å². The highest BCUT2D eigenvalue weighted by atomic mass is 16.7. The molecule has 3 heterocycles. The summed E-state index contributed by atoms with van der Waals surface area (Å²) in [5.41, 5.74) is -3.00. The lowest BCUT2D eigenvalue weighted by atomic mass is 9.77. The lowest BCUT2D eigenvalue weighted by Gasteiger charge is -2.63. The first-order valence-electron chi connectivity index (χ1n) is 8.90. The van der Waals surface area contributed by atoms with E-state index in [1.54, 1.807) is 0 Å². The van der Waals surface area contributed by atoms with Gasteiger partial charge in [0, 0.05) is 12.6 Å². The molecule has 0 aromatic rings. The van der Waals surface area contributed by atoms with Gasteiger partial charge >= 0.3 is 17.9 Å². The number of urea groups is 1. The molecule has 0 aromatic heterocycles. The fraction of sp³-hybridized carbons (Fsp3) is 0.562. The van der Waals surface area contributed by atoms with Gasteiger partial charge in [-0.2, -0.15) is 5.26 Å². The van der Waals surface area contributed by atoms with Gasteiger partial charge in [0.2, 0.25) is 17.4 Å². The summed E-state index contributed by atoms with van der Waals surface area (Å²) in [5, 5.41) is 90.8. The van der Waals surface area contributed by atoms with Crippen LogP contribution in [0.15, 0.2) is 23.7 Å². The van der Waals surface area contributed by atoms with Crippen LogP contribution in [0.4, 0.5) is 4.79 Å². The summed E-state index contributed by atoms with van der Waals surface area (Å²) in [5.74, 6) is -15.8. The summed E-state index contributed by atoms with van der Waals surface area (Å²) >= 11 is 0. The number of carbonyl (C=O) groups is 2. The largest absolute Gasteiger partial charge is 0.367 e. The van der Waals surface area contributed by atoms with E-state index in [1.165, 1.54) is 18.3 Å². The van der Waals surface area contributed by atoms with E-state index >= 15 is 0 Å². The molecule has 0 aliphatic carbocycles. The Balaban J connectivity index is 2.22.